The van der Waals surface area contributed by atoms with Gasteiger partial charge in [-0.05, 0) is 54.8 Å². The molecule has 0 saturated heterocycles. The van der Waals surface area contributed by atoms with Gasteiger partial charge in [0, 0.05) is 6.42 Å². The molecule has 3 aromatic rings. The molecule has 3 heteroatoms. The molecular formula is C17H18N2O. The van der Waals surface area contributed by atoms with Crippen LogP contribution in [-0.2, 0) is 6.42 Å². The van der Waals surface area contributed by atoms with E-state index in [4.69, 9.17) is 4.74 Å². The summed E-state index contributed by atoms with van der Waals surface area (Å²) in [5.41, 5.74) is 5.93. The van der Waals surface area contributed by atoms with Crippen LogP contribution in [0.4, 0.5) is 0 Å². The van der Waals surface area contributed by atoms with E-state index < -0.39 is 0 Å². The lowest BCUT2D eigenvalue weighted by Crippen LogP contribution is -1.91. The van der Waals surface area contributed by atoms with Crippen molar-refractivity contribution >= 4 is 11.0 Å². The third kappa shape index (κ3) is 2.39. The Hall–Kier alpha value is -2.29. The summed E-state index contributed by atoms with van der Waals surface area (Å²) in [6, 6.07) is 12.4. The molecular weight excluding hydrogens is 248 g/mol. The molecule has 0 unspecified atom stereocenters. The third-order valence-corrected chi connectivity index (χ3v) is 3.68. The van der Waals surface area contributed by atoms with E-state index in [9.17, 15) is 0 Å². The molecule has 0 aliphatic heterocycles. The largest absolute Gasteiger partial charge is 0.497 e. The van der Waals surface area contributed by atoms with Gasteiger partial charge in [0.05, 0.1) is 18.1 Å². The van der Waals surface area contributed by atoms with E-state index >= 15 is 0 Å². The van der Waals surface area contributed by atoms with E-state index in [1.165, 1.54) is 16.7 Å². The second kappa shape index (κ2) is 5.00. The average molecular weight is 266 g/mol. The number of rotatable bonds is 3. The van der Waals surface area contributed by atoms with Gasteiger partial charge in [0.25, 0.3) is 0 Å². The summed E-state index contributed by atoms with van der Waals surface area (Å²) in [5, 5.41) is 0. The standard InChI is InChI=1S/C17H18N2O/c1-11-8-15-16(9-12(11)2)19-17(18-15)10-13-4-6-14(20-3)7-5-13/h4-9H,10H2,1-3H3,(H,18,19). The zero-order valence-electron chi connectivity index (χ0n) is 12.0. The van der Waals surface area contributed by atoms with Crippen molar-refractivity contribution in [3.05, 3.63) is 58.9 Å². The molecule has 1 heterocycles. The van der Waals surface area contributed by atoms with Crippen LogP contribution in [0.5, 0.6) is 5.75 Å². The molecule has 1 N–H and O–H groups in total. The maximum Gasteiger partial charge on any atom is 0.118 e. The molecule has 0 aliphatic rings. The molecule has 0 radical (unpaired) electrons. The summed E-state index contributed by atoms with van der Waals surface area (Å²) in [6.07, 6.45) is 0.802. The lowest BCUT2D eigenvalue weighted by Gasteiger charge is -2.01. The highest BCUT2D eigenvalue weighted by Gasteiger charge is 2.06. The fourth-order valence-electron chi connectivity index (χ4n) is 2.34. The van der Waals surface area contributed by atoms with Crippen LogP contribution in [0, 0.1) is 13.8 Å². The SMILES string of the molecule is COc1ccc(Cc2nc3cc(C)c(C)cc3[nH]2)cc1. The maximum atomic E-state index is 5.17. The normalized spacial score (nSPS) is 10.9. The van der Waals surface area contributed by atoms with Gasteiger partial charge in [-0.3, -0.25) is 0 Å². The molecule has 0 aliphatic carbocycles. The second-order valence-electron chi connectivity index (χ2n) is 5.16. The first-order valence-electron chi connectivity index (χ1n) is 6.74. The van der Waals surface area contributed by atoms with Crippen LogP contribution in [0.1, 0.15) is 22.5 Å². The first kappa shape index (κ1) is 12.7. The minimum atomic E-state index is 0.802. The molecule has 0 bridgehead atoms. The smallest absolute Gasteiger partial charge is 0.118 e. The van der Waals surface area contributed by atoms with Gasteiger partial charge in [0.2, 0.25) is 0 Å². The average Bonchev–Trinajstić information content (AvgIpc) is 2.81. The molecule has 3 nitrogen and oxygen atoms in total. The number of H-pyrrole nitrogens is 1. The lowest BCUT2D eigenvalue weighted by atomic mass is 10.1. The number of methoxy groups -OCH3 is 1. The number of imidazole rings is 1. The summed E-state index contributed by atoms with van der Waals surface area (Å²) in [6.45, 7) is 4.24. The Morgan fingerprint density at radius 2 is 1.75 bits per heavy atom. The van der Waals surface area contributed by atoms with E-state index in [-0.39, 0.29) is 0 Å². The first-order chi connectivity index (χ1) is 9.65. The van der Waals surface area contributed by atoms with E-state index in [1.54, 1.807) is 7.11 Å². The van der Waals surface area contributed by atoms with Crippen molar-refractivity contribution in [3.63, 3.8) is 0 Å². The van der Waals surface area contributed by atoms with Gasteiger partial charge < -0.3 is 9.72 Å². The summed E-state index contributed by atoms with van der Waals surface area (Å²) in [7, 11) is 1.68. The number of benzene rings is 2. The Labute approximate surface area is 118 Å². The minimum absolute atomic E-state index is 0.802. The predicted octanol–water partition coefficient (Wildman–Crippen LogP) is 3.78. The number of ether oxygens (including phenoxy) is 1. The molecule has 0 saturated carbocycles. The quantitative estimate of drug-likeness (QED) is 0.783. The number of aromatic amines is 1. The molecule has 0 fully saturated rings. The number of nitrogens with one attached hydrogen (secondary N) is 1. The van der Waals surface area contributed by atoms with Crippen molar-refractivity contribution in [2.24, 2.45) is 0 Å². The number of nitrogens with zero attached hydrogens (tertiary/aromatic N) is 1. The molecule has 1 aromatic heterocycles. The van der Waals surface area contributed by atoms with Crippen LogP contribution < -0.4 is 4.74 Å². The maximum absolute atomic E-state index is 5.17. The summed E-state index contributed by atoms with van der Waals surface area (Å²) in [4.78, 5) is 8.06. The van der Waals surface area contributed by atoms with Crippen molar-refractivity contribution < 1.29 is 4.74 Å². The highest BCUT2D eigenvalue weighted by atomic mass is 16.5. The van der Waals surface area contributed by atoms with Crippen LogP contribution in [0.2, 0.25) is 0 Å². The highest BCUT2D eigenvalue weighted by Crippen LogP contribution is 2.19. The van der Waals surface area contributed by atoms with Crippen molar-refractivity contribution in [2.75, 3.05) is 7.11 Å². The number of aryl methyl sites for hydroxylation is 2. The van der Waals surface area contributed by atoms with Gasteiger partial charge in [0.15, 0.2) is 0 Å². The van der Waals surface area contributed by atoms with Crippen molar-refractivity contribution in [1.29, 1.82) is 0 Å². The minimum Gasteiger partial charge on any atom is -0.497 e. The van der Waals surface area contributed by atoms with Gasteiger partial charge in [-0.2, -0.15) is 0 Å². The highest BCUT2D eigenvalue weighted by molar-refractivity contribution is 5.77. The van der Waals surface area contributed by atoms with Crippen molar-refractivity contribution in [1.82, 2.24) is 9.97 Å². The fourth-order valence-corrected chi connectivity index (χ4v) is 2.34. The number of aromatic nitrogens is 2. The Bertz CT molecular complexity index is 703. The summed E-state index contributed by atoms with van der Waals surface area (Å²) in [5.74, 6) is 1.87. The molecule has 3 rings (SSSR count). The topological polar surface area (TPSA) is 37.9 Å². The first-order valence-corrected chi connectivity index (χ1v) is 6.74. The molecule has 102 valence electrons. The van der Waals surface area contributed by atoms with Crippen LogP contribution >= 0.6 is 0 Å². The predicted molar refractivity (Wildman–Crippen MR) is 81.4 cm³/mol. The van der Waals surface area contributed by atoms with Gasteiger partial charge in [-0.25, -0.2) is 4.98 Å². The van der Waals surface area contributed by atoms with E-state index in [0.29, 0.717) is 0 Å². The van der Waals surface area contributed by atoms with Crippen LogP contribution in [0.25, 0.3) is 11.0 Å². The van der Waals surface area contributed by atoms with E-state index in [1.807, 2.05) is 12.1 Å². The Kier molecular flexibility index (Phi) is 3.18. The van der Waals surface area contributed by atoms with Crippen LogP contribution in [-0.4, -0.2) is 17.1 Å². The number of fused-ring (bicyclic) bond motifs is 1. The van der Waals surface area contributed by atoms with Crippen molar-refractivity contribution in [2.45, 2.75) is 20.3 Å². The molecule has 0 atom stereocenters. The van der Waals surface area contributed by atoms with E-state index in [0.717, 1.165) is 29.0 Å². The number of hydrogen-bond acceptors (Lipinski definition) is 2. The Morgan fingerprint density at radius 1 is 1.05 bits per heavy atom. The Balaban J connectivity index is 1.90. The van der Waals surface area contributed by atoms with Gasteiger partial charge in [0.1, 0.15) is 11.6 Å². The monoisotopic (exact) mass is 266 g/mol. The van der Waals surface area contributed by atoms with Crippen LogP contribution in [0.15, 0.2) is 36.4 Å². The third-order valence-electron chi connectivity index (χ3n) is 3.68. The van der Waals surface area contributed by atoms with Gasteiger partial charge >= 0.3 is 0 Å². The van der Waals surface area contributed by atoms with Crippen LogP contribution in [0.3, 0.4) is 0 Å². The summed E-state index contributed by atoms with van der Waals surface area (Å²) >= 11 is 0. The molecule has 0 spiro atoms. The number of hydrogen-bond donors (Lipinski definition) is 1. The zero-order chi connectivity index (χ0) is 14.1. The molecule has 2 aromatic carbocycles. The zero-order valence-corrected chi connectivity index (χ0v) is 12.0. The Morgan fingerprint density at radius 3 is 2.45 bits per heavy atom. The van der Waals surface area contributed by atoms with Gasteiger partial charge in [-0.15, -0.1) is 0 Å². The van der Waals surface area contributed by atoms with Gasteiger partial charge in [-0.1, -0.05) is 12.1 Å². The fraction of sp³-hybridized carbons (Fsp3) is 0.235. The second-order valence-corrected chi connectivity index (χ2v) is 5.16. The summed E-state index contributed by atoms with van der Waals surface area (Å²) < 4.78 is 5.17. The molecule has 0 amide bonds. The van der Waals surface area contributed by atoms with Crippen molar-refractivity contribution in [3.8, 4) is 5.75 Å². The lowest BCUT2D eigenvalue weighted by molar-refractivity contribution is 0.414. The molecule has 20 heavy (non-hydrogen) atoms. The van der Waals surface area contributed by atoms with E-state index in [2.05, 4.69) is 48.1 Å².